The summed E-state index contributed by atoms with van der Waals surface area (Å²) in [6.07, 6.45) is 6.67. The molecule has 12 heavy (non-hydrogen) atoms. The topological polar surface area (TPSA) is 18.5 Å². The van der Waals surface area contributed by atoms with Crippen molar-refractivity contribution in [2.45, 2.75) is 45.3 Å². The van der Waals surface area contributed by atoms with Gasteiger partial charge in [0.05, 0.1) is 0 Å². The molecule has 0 amide bonds. The number of rotatable bonds is 0. The minimum absolute atomic E-state index is 0.120. The Kier molecular flexibility index (Phi) is 1.61. The van der Waals surface area contributed by atoms with Gasteiger partial charge in [-0.15, -0.1) is 0 Å². The molecule has 2 heterocycles. The second-order valence-corrected chi connectivity index (χ2v) is 4.76. The summed E-state index contributed by atoms with van der Waals surface area (Å²) in [5.41, 5.74) is -0.0589. The van der Waals surface area contributed by atoms with Crippen LogP contribution in [0.2, 0.25) is 0 Å². The molecule has 0 saturated carbocycles. The minimum atomic E-state index is -0.179. The summed E-state index contributed by atoms with van der Waals surface area (Å²) in [5, 5.41) is 0. The van der Waals surface area contributed by atoms with Crippen molar-refractivity contribution in [3.05, 3.63) is 12.2 Å². The van der Waals surface area contributed by atoms with Gasteiger partial charge in [0.1, 0.15) is 11.7 Å². The van der Waals surface area contributed by atoms with Gasteiger partial charge < -0.3 is 0 Å². The molecule has 68 valence electrons. The van der Waals surface area contributed by atoms with Crippen molar-refractivity contribution in [3.63, 3.8) is 0 Å². The van der Waals surface area contributed by atoms with E-state index in [0.717, 1.165) is 12.8 Å². The van der Waals surface area contributed by atoms with Gasteiger partial charge in [-0.2, -0.15) is 0 Å². The van der Waals surface area contributed by atoms with Gasteiger partial charge in [0.25, 0.3) is 0 Å². The standard InChI is InChI=1S/C10H16O2/c1-9(2,3)10-6-4-8(5-7-10)11-12-10/h4,6,8H,5,7H2,1-3H3. The lowest BCUT2D eigenvalue weighted by Gasteiger charge is -2.47. The number of hydrogen-bond acceptors (Lipinski definition) is 2. The maximum absolute atomic E-state index is 5.44. The summed E-state index contributed by atoms with van der Waals surface area (Å²) in [4.78, 5) is 10.7. The largest absolute Gasteiger partial charge is 0.228 e. The molecule has 0 N–H and O–H groups in total. The molecule has 2 aliphatic heterocycles. The molecule has 0 aromatic rings. The first-order valence-electron chi connectivity index (χ1n) is 4.57. The Morgan fingerprint density at radius 2 is 2.17 bits per heavy atom. The molecule has 0 spiro atoms. The van der Waals surface area contributed by atoms with Crippen molar-refractivity contribution in [1.29, 1.82) is 0 Å². The molecule has 1 saturated heterocycles. The van der Waals surface area contributed by atoms with E-state index in [9.17, 15) is 0 Å². The molecule has 0 radical (unpaired) electrons. The maximum Gasteiger partial charge on any atom is 0.127 e. The maximum atomic E-state index is 5.44. The highest BCUT2D eigenvalue weighted by atomic mass is 17.2. The molecule has 2 nitrogen and oxygen atoms in total. The fourth-order valence-electron chi connectivity index (χ4n) is 1.85. The third-order valence-corrected chi connectivity index (χ3v) is 2.97. The Labute approximate surface area is 73.5 Å². The number of fused-ring (bicyclic) bond motifs is 2. The smallest absolute Gasteiger partial charge is 0.127 e. The Morgan fingerprint density at radius 1 is 1.42 bits per heavy atom. The SMILES string of the molecule is CC(C)(C)C12C=CC(CC1)OO2. The van der Waals surface area contributed by atoms with Crippen LogP contribution in [-0.4, -0.2) is 11.7 Å². The van der Waals surface area contributed by atoms with Crippen LogP contribution in [0.1, 0.15) is 33.6 Å². The van der Waals surface area contributed by atoms with E-state index >= 15 is 0 Å². The Morgan fingerprint density at radius 3 is 2.42 bits per heavy atom. The van der Waals surface area contributed by atoms with Crippen molar-refractivity contribution < 1.29 is 9.78 Å². The van der Waals surface area contributed by atoms with E-state index in [2.05, 4.69) is 32.9 Å². The van der Waals surface area contributed by atoms with Crippen LogP contribution in [0.4, 0.5) is 0 Å². The zero-order valence-electron chi connectivity index (χ0n) is 7.96. The first kappa shape index (κ1) is 8.27. The van der Waals surface area contributed by atoms with Crippen molar-refractivity contribution in [3.8, 4) is 0 Å². The van der Waals surface area contributed by atoms with Crippen LogP contribution in [0.3, 0.4) is 0 Å². The summed E-state index contributed by atoms with van der Waals surface area (Å²) in [7, 11) is 0. The first-order chi connectivity index (χ1) is 5.54. The first-order valence-corrected chi connectivity index (χ1v) is 4.57. The van der Waals surface area contributed by atoms with Gasteiger partial charge in [-0.3, -0.25) is 0 Å². The summed E-state index contributed by atoms with van der Waals surface area (Å²) in [5.74, 6) is 0. The highest BCUT2D eigenvalue weighted by Crippen LogP contribution is 2.45. The van der Waals surface area contributed by atoms with Crippen molar-refractivity contribution in [1.82, 2.24) is 0 Å². The van der Waals surface area contributed by atoms with Gasteiger partial charge in [-0.1, -0.05) is 32.9 Å². The highest BCUT2D eigenvalue weighted by molar-refractivity contribution is 5.15. The van der Waals surface area contributed by atoms with E-state index in [4.69, 9.17) is 9.78 Å². The molecule has 1 fully saturated rings. The molecule has 2 bridgehead atoms. The van der Waals surface area contributed by atoms with Crippen LogP contribution in [0.25, 0.3) is 0 Å². The Balaban J connectivity index is 2.31. The molecule has 2 unspecified atom stereocenters. The van der Waals surface area contributed by atoms with Crippen molar-refractivity contribution in [2.75, 3.05) is 0 Å². The molecule has 3 aliphatic rings. The second-order valence-electron chi connectivity index (χ2n) is 4.76. The van der Waals surface area contributed by atoms with Crippen molar-refractivity contribution >= 4 is 0 Å². The van der Waals surface area contributed by atoms with Crippen LogP contribution in [0.5, 0.6) is 0 Å². The third kappa shape index (κ3) is 1.02. The molecular formula is C10H16O2. The molecule has 0 aromatic heterocycles. The molecule has 2 atom stereocenters. The second kappa shape index (κ2) is 2.33. The van der Waals surface area contributed by atoms with E-state index in [1.54, 1.807) is 0 Å². The van der Waals surface area contributed by atoms with E-state index < -0.39 is 0 Å². The van der Waals surface area contributed by atoms with Crippen LogP contribution in [0.15, 0.2) is 12.2 Å². The average molecular weight is 168 g/mol. The van der Waals surface area contributed by atoms with Crippen molar-refractivity contribution in [2.24, 2.45) is 5.41 Å². The number of hydrogen-bond donors (Lipinski definition) is 0. The summed E-state index contributed by atoms with van der Waals surface area (Å²) in [6, 6.07) is 0. The lowest BCUT2D eigenvalue weighted by Crippen LogP contribution is -2.50. The molecule has 1 aliphatic carbocycles. The zero-order chi connectivity index (χ0) is 8.82. The van der Waals surface area contributed by atoms with E-state index in [0.29, 0.717) is 0 Å². The quantitative estimate of drug-likeness (QED) is 0.408. The minimum Gasteiger partial charge on any atom is -0.228 e. The van der Waals surface area contributed by atoms with Crippen LogP contribution >= 0.6 is 0 Å². The average Bonchev–Trinajstić information content (AvgIpc) is 2.06. The van der Waals surface area contributed by atoms with Crippen LogP contribution in [-0.2, 0) is 9.78 Å². The third-order valence-electron chi connectivity index (χ3n) is 2.97. The predicted molar refractivity (Wildman–Crippen MR) is 46.5 cm³/mol. The fourth-order valence-corrected chi connectivity index (χ4v) is 1.85. The highest BCUT2D eigenvalue weighted by Gasteiger charge is 2.48. The summed E-state index contributed by atoms with van der Waals surface area (Å²) < 4.78 is 0. The van der Waals surface area contributed by atoms with E-state index in [-0.39, 0.29) is 17.1 Å². The van der Waals surface area contributed by atoms with Crippen LogP contribution in [0, 0.1) is 5.41 Å². The predicted octanol–water partition coefficient (Wildman–Crippen LogP) is 2.45. The summed E-state index contributed by atoms with van der Waals surface area (Å²) in [6.45, 7) is 6.56. The van der Waals surface area contributed by atoms with Gasteiger partial charge in [-0.25, -0.2) is 9.78 Å². The van der Waals surface area contributed by atoms with E-state index in [1.165, 1.54) is 0 Å². The molecular weight excluding hydrogens is 152 g/mol. The van der Waals surface area contributed by atoms with Gasteiger partial charge in [0.2, 0.25) is 0 Å². The van der Waals surface area contributed by atoms with Gasteiger partial charge >= 0.3 is 0 Å². The zero-order valence-corrected chi connectivity index (χ0v) is 7.96. The van der Waals surface area contributed by atoms with Crippen LogP contribution < -0.4 is 0 Å². The lowest BCUT2D eigenvalue weighted by molar-refractivity contribution is -0.414. The fraction of sp³-hybridized carbons (Fsp3) is 0.800. The van der Waals surface area contributed by atoms with Gasteiger partial charge in [0, 0.05) is 0 Å². The Hall–Kier alpha value is -0.340. The normalized spacial score (nSPS) is 40.4. The van der Waals surface area contributed by atoms with Gasteiger partial charge in [-0.05, 0) is 18.3 Å². The lowest BCUT2D eigenvalue weighted by atomic mass is 9.70. The Bertz CT molecular complexity index is 204. The molecule has 2 heteroatoms. The molecule has 0 aromatic carbocycles. The van der Waals surface area contributed by atoms with E-state index in [1.807, 2.05) is 0 Å². The molecule has 3 rings (SSSR count). The monoisotopic (exact) mass is 168 g/mol. The summed E-state index contributed by atoms with van der Waals surface area (Å²) >= 11 is 0. The van der Waals surface area contributed by atoms with Gasteiger partial charge in [0.15, 0.2) is 0 Å².